The first-order valence-corrected chi connectivity index (χ1v) is 10.7. The Morgan fingerprint density at radius 2 is 2.10 bits per heavy atom. The maximum absolute atomic E-state index is 13.0. The monoisotopic (exact) mass is 435 g/mol. The van der Waals surface area contributed by atoms with Gasteiger partial charge in [0.25, 0.3) is 0 Å². The first-order valence-electron chi connectivity index (χ1n) is 9.91. The molecule has 0 saturated carbocycles. The molecule has 0 radical (unpaired) electrons. The predicted octanol–water partition coefficient (Wildman–Crippen LogP) is 4.14. The van der Waals surface area contributed by atoms with E-state index in [1.54, 1.807) is 17.0 Å². The number of hydrogen-bond acceptors (Lipinski definition) is 4. The van der Waals surface area contributed by atoms with E-state index in [4.69, 9.17) is 33.9 Å². The van der Waals surface area contributed by atoms with Crippen molar-refractivity contribution in [1.82, 2.24) is 20.2 Å². The Hall–Kier alpha value is -1.89. The molecule has 2 heterocycles. The van der Waals surface area contributed by atoms with E-state index in [-0.39, 0.29) is 12.1 Å². The molecule has 0 fully saturated rings. The minimum absolute atomic E-state index is 0.135. The number of amides is 2. The maximum atomic E-state index is 13.0. The predicted molar refractivity (Wildman–Crippen MR) is 116 cm³/mol. The van der Waals surface area contributed by atoms with Crippen LogP contribution in [-0.2, 0) is 19.4 Å². The van der Waals surface area contributed by atoms with Crippen LogP contribution in [0.5, 0.6) is 0 Å². The van der Waals surface area contributed by atoms with Crippen molar-refractivity contribution in [2.75, 3.05) is 13.1 Å². The van der Waals surface area contributed by atoms with Crippen LogP contribution >= 0.6 is 23.2 Å². The number of nitrogens with zero attached hydrogens (tertiary/aromatic N) is 3. The highest BCUT2D eigenvalue weighted by Gasteiger charge is 2.25. The number of fused-ring (bicyclic) bond motifs is 1. The molecule has 2 amide bonds. The number of benzene rings is 1. The molecule has 29 heavy (non-hydrogen) atoms. The Morgan fingerprint density at radius 1 is 1.31 bits per heavy atom. The quantitative estimate of drug-likeness (QED) is 0.713. The van der Waals surface area contributed by atoms with E-state index in [2.05, 4.69) is 24.1 Å². The van der Waals surface area contributed by atoms with Gasteiger partial charge < -0.3 is 16.0 Å². The average molecular weight is 436 g/mol. The largest absolute Gasteiger partial charge is 0.331 e. The van der Waals surface area contributed by atoms with Gasteiger partial charge in [-0.15, -0.1) is 0 Å². The second-order valence-corrected chi connectivity index (χ2v) is 8.60. The molecule has 0 aliphatic carbocycles. The van der Waals surface area contributed by atoms with Crippen molar-refractivity contribution in [3.63, 3.8) is 0 Å². The molecule has 0 saturated heterocycles. The lowest BCUT2D eigenvalue weighted by molar-refractivity contribution is 0.186. The summed E-state index contributed by atoms with van der Waals surface area (Å²) in [5, 5.41) is 4.03. The highest BCUT2D eigenvalue weighted by Crippen LogP contribution is 2.27. The van der Waals surface area contributed by atoms with Crippen LogP contribution in [0.2, 0.25) is 10.0 Å². The summed E-state index contributed by atoms with van der Waals surface area (Å²) in [6.45, 7) is 5.83. The number of carbonyl (C=O) groups excluding carboxylic acids is 1. The highest BCUT2D eigenvalue weighted by molar-refractivity contribution is 6.42. The molecule has 156 valence electrons. The number of urea groups is 1. The van der Waals surface area contributed by atoms with Crippen LogP contribution in [0.15, 0.2) is 24.4 Å². The van der Waals surface area contributed by atoms with Crippen LogP contribution in [-0.4, -0.2) is 34.0 Å². The topological polar surface area (TPSA) is 84.1 Å². The van der Waals surface area contributed by atoms with Crippen LogP contribution in [0.25, 0.3) is 0 Å². The average Bonchev–Trinajstić information content (AvgIpc) is 2.68. The summed E-state index contributed by atoms with van der Waals surface area (Å²) in [6, 6.07) is 5.02. The van der Waals surface area contributed by atoms with E-state index in [1.807, 2.05) is 12.3 Å². The summed E-state index contributed by atoms with van der Waals surface area (Å²) in [6.07, 6.45) is 4.09. The molecular weight excluding hydrogens is 409 g/mol. The van der Waals surface area contributed by atoms with Gasteiger partial charge in [-0.2, -0.15) is 0 Å². The van der Waals surface area contributed by atoms with Crippen molar-refractivity contribution in [1.29, 1.82) is 0 Å². The van der Waals surface area contributed by atoms with Crippen LogP contribution in [0.4, 0.5) is 4.79 Å². The van der Waals surface area contributed by atoms with Crippen molar-refractivity contribution >= 4 is 29.2 Å². The zero-order chi connectivity index (χ0) is 21.0. The van der Waals surface area contributed by atoms with Gasteiger partial charge in [0.05, 0.1) is 28.3 Å². The highest BCUT2D eigenvalue weighted by atomic mass is 35.5. The van der Waals surface area contributed by atoms with Crippen molar-refractivity contribution in [3.05, 3.63) is 57.1 Å². The summed E-state index contributed by atoms with van der Waals surface area (Å²) in [5.41, 5.74) is 8.70. The number of carbonyl (C=O) groups is 1. The van der Waals surface area contributed by atoms with Gasteiger partial charge in [0.1, 0.15) is 5.82 Å². The zero-order valence-corrected chi connectivity index (χ0v) is 18.3. The molecular formula is C21H27Cl2N5O. The molecule has 1 aliphatic rings. The molecule has 1 aromatic heterocycles. The third-order valence-electron chi connectivity index (χ3n) is 4.97. The second-order valence-electron chi connectivity index (χ2n) is 7.78. The van der Waals surface area contributed by atoms with Crippen LogP contribution in [0.3, 0.4) is 0 Å². The van der Waals surface area contributed by atoms with E-state index in [0.717, 1.165) is 35.5 Å². The van der Waals surface area contributed by atoms with Gasteiger partial charge in [0.2, 0.25) is 0 Å². The fourth-order valence-corrected chi connectivity index (χ4v) is 3.75. The summed E-state index contributed by atoms with van der Waals surface area (Å²) in [5.74, 6) is 1.32. The SMILES string of the molecule is CC(C)Cc1ncc2c(n1)CN(C(=O)NC(CCN)c1ccc(Cl)c(Cl)c1)CC2. The van der Waals surface area contributed by atoms with E-state index in [0.29, 0.717) is 42.0 Å². The Bertz CT molecular complexity index is 874. The van der Waals surface area contributed by atoms with Gasteiger partial charge in [-0.3, -0.25) is 0 Å². The molecule has 3 N–H and O–H groups in total. The number of hydrogen-bond donors (Lipinski definition) is 2. The van der Waals surface area contributed by atoms with Crippen LogP contribution in [0.1, 0.15) is 49.0 Å². The number of halogens is 2. The normalized spacial score (nSPS) is 14.6. The molecule has 0 bridgehead atoms. The maximum Gasteiger partial charge on any atom is 0.318 e. The molecule has 3 rings (SSSR count). The Labute approximate surface area is 181 Å². The fraction of sp³-hybridized carbons (Fsp3) is 0.476. The number of aromatic nitrogens is 2. The van der Waals surface area contributed by atoms with E-state index in [1.165, 1.54) is 0 Å². The molecule has 2 aromatic rings. The summed E-state index contributed by atoms with van der Waals surface area (Å²) < 4.78 is 0. The van der Waals surface area contributed by atoms with Crippen molar-refractivity contribution < 1.29 is 4.79 Å². The first kappa shape index (κ1) is 21.8. The molecule has 1 unspecified atom stereocenters. The van der Waals surface area contributed by atoms with Gasteiger partial charge in [-0.1, -0.05) is 43.1 Å². The molecule has 0 spiro atoms. The molecule has 1 atom stereocenters. The standard InChI is InChI=1S/C21H27Cl2N5O/c1-13(2)9-20-25-11-15-6-8-28(12-19(15)26-20)21(29)27-18(5-7-24)14-3-4-16(22)17(23)10-14/h3-4,10-11,13,18H,5-9,12,24H2,1-2H3,(H,27,29). The fourth-order valence-electron chi connectivity index (χ4n) is 3.44. The van der Waals surface area contributed by atoms with Crippen LogP contribution in [0, 0.1) is 5.92 Å². The zero-order valence-electron chi connectivity index (χ0n) is 16.8. The van der Waals surface area contributed by atoms with Gasteiger partial charge >= 0.3 is 6.03 Å². The number of nitrogens with one attached hydrogen (secondary N) is 1. The van der Waals surface area contributed by atoms with Crippen molar-refractivity contribution in [2.24, 2.45) is 11.7 Å². The minimum atomic E-state index is -0.231. The summed E-state index contributed by atoms with van der Waals surface area (Å²) >= 11 is 12.2. The molecule has 8 heteroatoms. The molecule has 1 aliphatic heterocycles. The Kier molecular flexibility index (Phi) is 7.33. The van der Waals surface area contributed by atoms with E-state index < -0.39 is 0 Å². The van der Waals surface area contributed by atoms with Gasteiger partial charge in [0.15, 0.2) is 0 Å². The smallest absolute Gasteiger partial charge is 0.318 e. The number of nitrogens with two attached hydrogens (primary N) is 1. The van der Waals surface area contributed by atoms with Gasteiger partial charge in [-0.25, -0.2) is 14.8 Å². The van der Waals surface area contributed by atoms with Gasteiger partial charge in [0, 0.05) is 19.2 Å². The molecule has 6 nitrogen and oxygen atoms in total. The second kappa shape index (κ2) is 9.74. The van der Waals surface area contributed by atoms with Crippen molar-refractivity contribution in [2.45, 2.75) is 45.7 Å². The first-order chi connectivity index (χ1) is 13.9. The number of rotatable bonds is 6. The Balaban J connectivity index is 1.71. The molecule has 1 aromatic carbocycles. The minimum Gasteiger partial charge on any atom is -0.331 e. The van der Waals surface area contributed by atoms with Crippen LogP contribution < -0.4 is 11.1 Å². The third-order valence-corrected chi connectivity index (χ3v) is 5.71. The summed E-state index contributed by atoms with van der Waals surface area (Å²) in [4.78, 5) is 23.9. The van der Waals surface area contributed by atoms with E-state index in [9.17, 15) is 4.79 Å². The lowest BCUT2D eigenvalue weighted by Gasteiger charge is -2.30. The summed E-state index contributed by atoms with van der Waals surface area (Å²) in [7, 11) is 0. The Morgan fingerprint density at radius 3 is 2.79 bits per heavy atom. The van der Waals surface area contributed by atoms with Gasteiger partial charge in [-0.05, 0) is 48.6 Å². The third kappa shape index (κ3) is 5.59. The lowest BCUT2D eigenvalue weighted by Crippen LogP contribution is -2.44. The lowest BCUT2D eigenvalue weighted by atomic mass is 10.0. The van der Waals surface area contributed by atoms with Crippen molar-refractivity contribution in [3.8, 4) is 0 Å². The van der Waals surface area contributed by atoms with E-state index >= 15 is 0 Å².